The summed E-state index contributed by atoms with van der Waals surface area (Å²) >= 11 is 12.9. The number of amides is 1. The summed E-state index contributed by atoms with van der Waals surface area (Å²) in [4.78, 5) is 30.2. The Balaban J connectivity index is 1.70. The van der Waals surface area contributed by atoms with Crippen LogP contribution in [0.15, 0.2) is 53.6 Å². The van der Waals surface area contributed by atoms with Gasteiger partial charge in [0.05, 0.1) is 21.1 Å². The van der Waals surface area contributed by atoms with Crippen LogP contribution in [0.25, 0.3) is 23.0 Å². The standard InChI is InChI=1S/C21H16ClN3O3S2/c22-14-7-2-1-6-13(14)19-23-15(16-8-3-4-10-24(16)19)12-17-20(28)25(21(29)30-17)11-5-9-18(26)27/h1-4,6-8,10,12H,5,9,11H2,(H,26,27)/b17-12+. The van der Waals surface area contributed by atoms with Crippen molar-refractivity contribution in [3.8, 4) is 11.4 Å². The minimum absolute atomic E-state index is 0.0109. The van der Waals surface area contributed by atoms with E-state index in [0.717, 1.165) is 11.1 Å². The van der Waals surface area contributed by atoms with Gasteiger partial charge < -0.3 is 5.11 Å². The summed E-state index contributed by atoms with van der Waals surface area (Å²) in [6, 6.07) is 13.2. The van der Waals surface area contributed by atoms with E-state index in [1.165, 1.54) is 16.7 Å². The fourth-order valence-electron chi connectivity index (χ4n) is 3.21. The van der Waals surface area contributed by atoms with Crippen LogP contribution in [0.3, 0.4) is 0 Å². The molecule has 3 aromatic rings. The lowest BCUT2D eigenvalue weighted by molar-refractivity contribution is -0.137. The molecule has 4 rings (SSSR count). The lowest BCUT2D eigenvalue weighted by Gasteiger charge is -2.13. The number of aromatic nitrogens is 2. The normalized spacial score (nSPS) is 15.5. The van der Waals surface area contributed by atoms with Gasteiger partial charge in [-0.1, -0.05) is 53.8 Å². The third-order valence-corrected chi connectivity index (χ3v) is 6.31. The van der Waals surface area contributed by atoms with Gasteiger partial charge in [0, 0.05) is 24.7 Å². The molecule has 1 amide bonds. The van der Waals surface area contributed by atoms with Gasteiger partial charge in [-0.3, -0.25) is 18.9 Å². The van der Waals surface area contributed by atoms with Crippen molar-refractivity contribution in [2.75, 3.05) is 6.54 Å². The van der Waals surface area contributed by atoms with Crippen LogP contribution in [-0.2, 0) is 9.59 Å². The van der Waals surface area contributed by atoms with Crippen molar-refractivity contribution < 1.29 is 14.7 Å². The molecule has 0 spiro atoms. The first-order valence-corrected chi connectivity index (χ1v) is 10.7. The van der Waals surface area contributed by atoms with Crippen molar-refractivity contribution in [1.29, 1.82) is 0 Å². The highest BCUT2D eigenvalue weighted by Gasteiger charge is 2.32. The fraction of sp³-hybridized carbons (Fsp3) is 0.143. The van der Waals surface area contributed by atoms with Gasteiger partial charge >= 0.3 is 5.97 Å². The summed E-state index contributed by atoms with van der Waals surface area (Å²) in [6.45, 7) is 0.281. The first kappa shape index (κ1) is 20.6. The number of benzene rings is 1. The number of hydrogen-bond acceptors (Lipinski definition) is 5. The van der Waals surface area contributed by atoms with Gasteiger partial charge in [-0.2, -0.15) is 0 Å². The average Bonchev–Trinajstić information content (AvgIpc) is 3.21. The topological polar surface area (TPSA) is 74.9 Å². The third kappa shape index (κ3) is 3.98. The second kappa shape index (κ2) is 8.59. The van der Waals surface area contributed by atoms with Gasteiger partial charge in [-0.15, -0.1) is 0 Å². The molecular formula is C21H16ClN3O3S2. The average molecular weight is 458 g/mol. The monoisotopic (exact) mass is 457 g/mol. The number of thiocarbonyl (C=S) groups is 1. The Hall–Kier alpha value is -2.68. The molecule has 152 valence electrons. The van der Waals surface area contributed by atoms with Gasteiger partial charge in [0.25, 0.3) is 5.91 Å². The van der Waals surface area contributed by atoms with Crippen molar-refractivity contribution in [1.82, 2.24) is 14.3 Å². The number of rotatable bonds is 6. The second-order valence-electron chi connectivity index (χ2n) is 6.59. The molecule has 30 heavy (non-hydrogen) atoms. The van der Waals surface area contributed by atoms with Crippen LogP contribution in [0.1, 0.15) is 18.5 Å². The summed E-state index contributed by atoms with van der Waals surface area (Å²) in [5.74, 6) is -0.446. The third-order valence-electron chi connectivity index (χ3n) is 4.61. The number of imidazole rings is 1. The maximum absolute atomic E-state index is 12.8. The zero-order valence-corrected chi connectivity index (χ0v) is 18.0. The number of fused-ring (bicyclic) bond motifs is 1. The highest BCUT2D eigenvalue weighted by atomic mass is 35.5. The van der Waals surface area contributed by atoms with Gasteiger partial charge in [-0.05, 0) is 36.8 Å². The maximum Gasteiger partial charge on any atom is 0.303 e. The lowest BCUT2D eigenvalue weighted by atomic mass is 10.2. The van der Waals surface area contributed by atoms with Crippen molar-refractivity contribution in [3.63, 3.8) is 0 Å². The lowest BCUT2D eigenvalue weighted by Crippen LogP contribution is -2.29. The van der Waals surface area contributed by atoms with E-state index >= 15 is 0 Å². The number of pyridine rings is 1. The van der Waals surface area contributed by atoms with E-state index in [2.05, 4.69) is 0 Å². The van der Waals surface area contributed by atoms with E-state index < -0.39 is 5.97 Å². The Morgan fingerprint density at radius 2 is 2.00 bits per heavy atom. The maximum atomic E-state index is 12.8. The molecule has 2 aromatic heterocycles. The molecular weight excluding hydrogens is 442 g/mol. The largest absolute Gasteiger partial charge is 0.481 e. The summed E-state index contributed by atoms with van der Waals surface area (Å²) in [5.41, 5.74) is 2.27. The summed E-state index contributed by atoms with van der Waals surface area (Å²) in [5, 5.41) is 9.40. The van der Waals surface area contributed by atoms with Crippen molar-refractivity contribution in [2.24, 2.45) is 0 Å². The number of nitrogens with zero attached hydrogens (tertiary/aromatic N) is 3. The van der Waals surface area contributed by atoms with E-state index in [1.54, 1.807) is 6.08 Å². The Labute approximate surface area is 187 Å². The van der Waals surface area contributed by atoms with Crippen molar-refractivity contribution >= 4 is 63.4 Å². The number of aliphatic carboxylic acids is 1. The molecule has 1 saturated heterocycles. The highest BCUT2D eigenvalue weighted by Crippen LogP contribution is 2.35. The number of hydrogen-bond donors (Lipinski definition) is 1. The molecule has 0 bridgehead atoms. The minimum atomic E-state index is -0.896. The summed E-state index contributed by atoms with van der Waals surface area (Å²) in [7, 11) is 0. The second-order valence-corrected chi connectivity index (χ2v) is 8.67. The molecule has 0 radical (unpaired) electrons. The van der Waals surface area contributed by atoms with Crippen LogP contribution in [0.2, 0.25) is 5.02 Å². The van der Waals surface area contributed by atoms with Crippen LogP contribution in [0.5, 0.6) is 0 Å². The quantitative estimate of drug-likeness (QED) is 0.426. The first-order chi connectivity index (χ1) is 14.5. The Morgan fingerprint density at radius 3 is 2.77 bits per heavy atom. The zero-order valence-electron chi connectivity index (χ0n) is 15.6. The molecule has 3 heterocycles. The van der Waals surface area contributed by atoms with E-state index in [0.29, 0.717) is 32.2 Å². The molecule has 0 atom stereocenters. The number of thioether (sulfide) groups is 1. The van der Waals surface area contributed by atoms with Crippen LogP contribution in [0.4, 0.5) is 0 Å². The molecule has 0 saturated carbocycles. The van der Waals surface area contributed by atoms with Crippen molar-refractivity contribution in [3.05, 3.63) is 64.3 Å². The Kier molecular flexibility index (Phi) is 5.90. The summed E-state index contributed by atoms with van der Waals surface area (Å²) in [6.07, 6.45) is 3.96. The van der Waals surface area contributed by atoms with E-state index in [1.807, 2.05) is 53.1 Å². The van der Waals surface area contributed by atoms with Crippen LogP contribution in [0, 0.1) is 0 Å². The SMILES string of the molecule is O=C(O)CCCN1C(=O)/C(=C\c2nc(-c3ccccc3Cl)n3ccccc23)SC1=S. The van der Waals surface area contributed by atoms with E-state index in [4.69, 9.17) is 33.9 Å². The molecule has 9 heteroatoms. The molecule has 6 nitrogen and oxygen atoms in total. The van der Waals surface area contributed by atoms with Gasteiger partial charge in [-0.25, -0.2) is 4.98 Å². The Bertz CT molecular complexity index is 1210. The van der Waals surface area contributed by atoms with Crippen LogP contribution < -0.4 is 0 Å². The van der Waals surface area contributed by atoms with Crippen LogP contribution >= 0.6 is 35.6 Å². The minimum Gasteiger partial charge on any atom is -0.481 e. The number of carbonyl (C=O) groups excluding carboxylic acids is 1. The first-order valence-electron chi connectivity index (χ1n) is 9.15. The zero-order chi connectivity index (χ0) is 21.3. The smallest absolute Gasteiger partial charge is 0.303 e. The summed E-state index contributed by atoms with van der Waals surface area (Å²) < 4.78 is 2.35. The van der Waals surface area contributed by atoms with Crippen molar-refractivity contribution in [2.45, 2.75) is 12.8 Å². The van der Waals surface area contributed by atoms with Crippen LogP contribution in [-0.4, -0.2) is 42.1 Å². The number of carboxylic acids is 1. The molecule has 1 fully saturated rings. The number of carbonyl (C=O) groups is 2. The van der Waals surface area contributed by atoms with Gasteiger partial charge in [0.15, 0.2) is 0 Å². The Morgan fingerprint density at radius 1 is 1.23 bits per heavy atom. The highest BCUT2D eigenvalue weighted by molar-refractivity contribution is 8.26. The van der Waals surface area contributed by atoms with Gasteiger partial charge in [0.1, 0.15) is 10.1 Å². The van der Waals surface area contributed by atoms with Gasteiger partial charge in [0.2, 0.25) is 0 Å². The fourth-order valence-corrected chi connectivity index (χ4v) is 4.71. The molecule has 1 aromatic carbocycles. The number of halogens is 1. The van der Waals surface area contributed by atoms with E-state index in [9.17, 15) is 9.59 Å². The molecule has 0 aliphatic carbocycles. The molecule has 1 aliphatic rings. The predicted octanol–water partition coefficient (Wildman–Crippen LogP) is 4.72. The molecule has 1 aliphatic heterocycles. The number of carboxylic acid groups (broad SMARTS) is 1. The van der Waals surface area contributed by atoms with E-state index in [-0.39, 0.29) is 18.9 Å². The predicted molar refractivity (Wildman–Crippen MR) is 122 cm³/mol. The molecule has 0 unspecified atom stereocenters. The molecule has 1 N–H and O–H groups in total.